The molecule has 0 amide bonds. The van der Waals surface area contributed by atoms with Crippen molar-refractivity contribution in [2.24, 2.45) is 5.10 Å². The van der Waals surface area contributed by atoms with Crippen molar-refractivity contribution in [1.82, 2.24) is 30.2 Å². The number of aromatic nitrogens is 5. The van der Waals surface area contributed by atoms with Crippen LogP contribution in [0.15, 0.2) is 62.8 Å². The van der Waals surface area contributed by atoms with Crippen LogP contribution in [0.25, 0.3) is 11.2 Å². The summed E-state index contributed by atoms with van der Waals surface area (Å²) < 4.78 is 17.7. The first-order valence-electron chi connectivity index (χ1n) is 13.6. The number of aromatic amines is 1. The van der Waals surface area contributed by atoms with Gasteiger partial charge in [-0.1, -0.05) is 42.5 Å². The van der Waals surface area contributed by atoms with Gasteiger partial charge < -0.3 is 15.2 Å². The molecule has 3 aromatic rings. The molecule has 41 heavy (non-hydrogen) atoms. The maximum Gasteiger partial charge on any atom is 0.439 e. The number of hydrogen-bond acceptors (Lipinski definition) is 10. The molecule has 1 atom stereocenters. The summed E-state index contributed by atoms with van der Waals surface area (Å²) in [7, 11) is 1.61. The second-order valence-corrected chi connectivity index (χ2v) is 9.95. The molecule has 4 rings (SSSR count). The van der Waals surface area contributed by atoms with E-state index in [4.69, 9.17) is 24.7 Å². The Morgan fingerprint density at radius 2 is 2.20 bits per heavy atom. The zero-order chi connectivity index (χ0) is 29.4. The Morgan fingerprint density at radius 1 is 1.37 bits per heavy atom. The van der Waals surface area contributed by atoms with Crippen LogP contribution in [-0.4, -0.2) is 51.3 Å². The normalized spacial score (nSPS) is 15.1. The predicted molar refractivity (Wildman–Crippen MR) is 158 cm³/mol. The quantitative estimate of drug-likeness (QED) is 0.150. The van der Waals surface area contributed by atoms with Gasteiger partial charge in [-0.2, -0.15) is 14.7 Å². The van der Waals surface area contributed by atoms with E-state index in [1.165, 1.54) is 5.57 Å². The standard InChI is InChI=1S/C29H38N8O4/c1-6-29(40-16-15-39-5,27-34-28(38)41-36-27)14-8-11-24-21(4)25(30)37-26(33-24)23(18-32-37)20(3)17-31-35-22-10-7-9-19(2)12-13-22/h7,9,12-13,17-18,35H,3,6,8,10-11,14-16,30H2,1-2,4-5H3,(H,34,36,38)/b31-17-. The largest absolute Gasteiger partial charge is 0.439 e. The highest BCUT2D eigenvalue weighted by molar-refractivity contribution is 6.11. The number of allylic oxidation sites excluding steroid dienone is 6. The predicted octanol–water partition coefficient (Wildman–Crippen LogP) is 3.97. The molecule has 12 nitrogen and oxygen atoms in total. The van der Waals surface area contributed by atoms with Crippen molar-refractivity contribution in [3.8, 4) is 0 Å². The van der Waals surface area contributed by atoms with Gasteiger partial charge in [-0.25, -0.2) is 9.78 Å². The number of hydrogen-bond donors (Lipinski definition) is 3. The Balaban J connectivity index is 1.51. The summed E-state index contributed by atoms with van der Waals surface area (Å²) >= 11 is 0. The number of aryl methyl sites for hydroxylation is 1. The van der Waals surface area contributed by atoms with Crippen LogP contribution in [0.2, 0.25) is 0 Å². The molecule has 0 aromatic carbocycles. The summed E-state index contributed by atoms with van der Waals surface area (Å²) in [6.07, 6.45) is 14.8. The van der Waals surface area contributed by atoms with Crippen LogP contribution in [0.1, 0.15) is 62.2 Å². The first-order chi connectivity index (χ1) is 19.8. The highest BCUT2D eigenvalue weighted by atomic mass is 16.5. The zero-order valence-corrected chi connectivity index (χ0v) is 24.1. The fraction of sp³-hybridized carbons (Fsp3) is 0.414. The lowest BCUT2D eigenvalue weighted by Crippen LogP contribution is -2.32. The molecule has 3 aromatic heterocycles. The van der Waals surface area contributed by atoms with Crippen molar-refractivity contribution in [1.29, 1.82) is 0 Å². The number of anilines is 1. The van der Waals surface area contributed by atoms with Gasteiger partial charge in [-0.05, 0) is 51.2 Å². The SMILES string of the molecule is C=C(/C=N\NC1=CC=C(C)C=CC1)c1cnn2c(N)c(C)c(CCCC(CC)(OCCOC)c3noc(=O)[nH]3)nc12. The van der Waals surface area contributed by atoms with E-state index in [0.29, 0.717) is 61.8 Å². The topological polar surface area (TPSA) is 158 Å². The maximum atomic E-state index is 11.7. The molecule has 12 heteroatoms. The monoisotopic (exact) mass is 562 g/mol. The van der Waals surface area contributed by atoms with Crippen molar-refractivity contribution >= 4 is 23.3 Å². The van der Waals surface area contributed by atoms with Crippen LogP contribution in [0.3, 0.4) is 0 Å². The zero-order valence-electron chi connectivity index (χ0n) is 24.1. The van der Waals surface area contributed by atoms with Crippen LogP contribution in [0, 0.1) is 6.92 Å². The molecule has 0 bridgehead atoms. The van der Waals surface area contributed by atoms with Crippen molar-refractivity contribution < 1.29 is 14.0 Å². The average Bonchev–Trinajstić information content (AvgIpc) is 3.54. The minimum absolute atomic E-state index is 0.345. The Labute approximate surface area is 238 Å². The van der Waals surface area contributed by atoms with Gasteiger partial charge in [0.2, 0.25) is 0 Å². The van der Waals surface area contributed by atoms with E-state index in [0.717, 1.165) is 28.9 Å². The summed E-state index contributed by atoms with van der Waals surface area (Å²) in [4.78, 5) is 19.3. The average molecular weight is 563 g/mol. The van der Waals surface area contributed by atoms with Gasteiger partial charge in [0.25, 0.3) is 0 Å². The first kappa shape index (κ1) is 29.7. The number of H-pyrrole nitrogens is 1. The van der Waals surface area contributed by atoms with Crippen LogP contribution in [-0.2, 0) is 21.5 Å². The van der Waals surface area contributed by atoms with E-state index < -0.39 is 11.4 Å². The molecule has 1 unspecified atom stereocenters. The maximum absolute atomic E-state index is 11.7. The Morgan fingerprint density at radius 3 is 2.93 bits per heavy atom. The van der Waals surface area contributed by atoms with Crippen LogP contribution in [0.5, 0.6) is 0 Å². The Bertz CT molecular complexity index is 1560. The lowest BCUT2D eigenvalue weighted by Gasteiger charge is -2.30. The summed E-state index contributed by atoms with van der Waals surface area (Å²) in [5.74, 6) is 0.256. The fourth-order valence-corrected chi connectivity index (χ4v) is 4.68. The van der Waals surface area contributed by atoms with E-state index in [-0.39, 0.29) is 0 Å². The third-order valence-electron chi connectivity index (χ3n) is 7.17. The molecule has 0 saturated carbocycles. The second kappa shape index (κ2) is 13.4. The summed E-state index contributed by atoms with van der Waals surface area (Å²) in [6, 6.07) is 0. The number of rotatable bonds is 14. The second-order valence-electron chi connectivity index (χ2n) is 9.95. The molecule has 3 heterocycles. The lowest BCUT2D eigenvalue weighted by molar-refractivity contribution is -0.0835. The molecule has 0 spiro atoms. The number of ether oxygens (including phenoxy) is 2. The van der Waals surface area contributed by atoms with Crippen LogP contribution >= 0.6 is 0 Å². The third-order valence-corrected chi connectivity index (χ3v) is 7.17. The molecular weight excluding hydrogens is 524 g/mol. The van der Waals surface area contributed by atoms with Crippen LogP contribution < -0.4 is 16.9 Å². The summed E-state index contributed by atoms with van der Waals surface area (Å²) in [6.45, 7) is 10.9. The minimum atomic E-state index is -0.829. The van der Waals surface area contributed by atoms with Crippen molar-refractivity contribution in [3.05, 3.63) is 81.5 Å². The number of fused-ring (bicyclic) bond motifs is 1. The van der Waals surface area contributed by atoms with E-state index in [1.807, 2.05) is 26.0 Å². The molecule has 0 saturated heterocycles. The van der Waals surface area contributed by atoms with Gasteiger partial charge in [-0.3, -0.25) is 14.9 Å². The number of nitrogen functional groups attached to an aromatic ring is 1. The summed E-state index contributed by atoms with van der Waals surface area (Å²) in [5, 5.41) is 12.8. The molecule has 1 aliphatic carbocycles. The van der Waals surface area contributed by atoms with Gasteiger partial charge in [0.1, 0.15) is 11.4 Å². The number of nitrogens with one attached hydrogen (secondary N) is 2. The number of nitrogens with two attached hydrogens (primary N) is 1. The lowest BCUT2D eigenvalue weighted by atomic mass is 9.91. The summed E-state index contributed by atoms with van der Waals surface area (Å²) in [5.41, 5.74) is 14.6. The number of hydrazone groups is 1. The highest BCUT2D eigenvalue weighted by Crippen LogP contribution is 2.33. The van der Waals surface area contributed by atoms with Crippen LogP contribution in [0.4, 0.5) is 5.82 Å². The first-order valence-corrected chi connectivity index (χ1v) is 13.6. The van der Waals surface area contributed by atoms with Gasteiger partial charge in [0.05, 0.1) is 25.6 Å². The van der Waals surface area contributed by atoms with E-state index in [9.17, 15) is 4.79 Å². The van der Waals surface area contributed by atoms with Gasteiger partial charge in [0, 0.05) is 36.0 Å². The molecular formula is C29H38N8O4. The van der Waals surface area contributed by atoms with E-state index in [1.54, 1.807) is 24.0 Å². The molecule has 1 aliphatic rings. The Kier molecular flexibility index (Phi) is 9.69. The van der Waals surface area contributed by atoms with Gasteiger partial charge in [-0.15, -0.1) is 0 Å². The molecule has 4 N–H and O–H groups in total. The fourth-order valence-electron chi connectivity index (χ4n) is 4.68. The third kappa shape index (κ3) is 6.90. The molecule has 0 fully saturated rings. The smallest absolute Gasteiger partial charge is 0.383 e. The van der Waals surface area contributed by atoms with E-state index >= 15 is 0 Å². The molecule has 0 radical (unpaired) electrons. The number of nitrogens with zero attached hydrogens (tertiary/aromatic N) is 5. The van der Waals surface area contributed by atoms with E-state index in [2.05, 4.69) is 51.4 Å². The highest BCUT2D eigenvalue weighted by Gasteiger charge is 2.35. The number of methoxy groups -OCH3 is 1. The van der Waals surface area contributed by atoms with Crippen molar-refractivity contribution in [3.63, 3.8) is 0 Å². The van der Waals surface area contributed by atoms with Crippen molar-refractivity contribution in [2.45, 2.75) is 58.5 Å². The minimum Gasteiger partial charge on any atom is -0.383 e. The van der Waals surface area contributed by atoms with Gasteiger partial charge in [0.15, 0.2) is 11.5 Å². The molecule has 218 valence electrons. The molecule has 0 aliphatic heterocycles. The van der Waals surface area contributed by atoms with Gasteiger partial charge >= 0.3 is 5.76 Å². The van der Waals surface area contributed by atoms with Crippen molar-refractivity contribution in [2.75, 3.05) is 26.1 Å². The Hall–Kier alpha value is -4.29.